The number of aryl methyl sites for hydroxylation is 1. The standard InChI is InChI=1S/C31H33N7O2/c1-22-8-11-25-19-27(31(39)32-28(25)18-22)29(37-16-14-36(15-17-37)20-23-6-4-3-5-7-23)30-33-34-35-38(30)21-24-9-12-26(40-2)13-10-24/h3-13,18-19,29H,14-17,20-21H2,1-2H3,(H,32,39)/t29-/m0/s1. The van der Waals surface area contributed by atoms with Crippen LogP contribution in [0.5, 0.6) is 5.75 Å². The number of piperazine rings is 1. The molecule has 0 aliphatic carbocycles. The molecule has 3 aromatic carbocycles. The van der Waals surface area contributed by atoms with Crippen molar-refractivity contribution >= 4 is 10.9 Å². The van der Waals surface area contributed by atoms with E-state index in [1.54, 1.807) is 7.11 Å². The summed E-state index contributed by atoms with van der Waals surface area (Å²) in [5.74, 6) is 1.45. The monoisotopic (exact) mass is 535 g/mol. The maximum absolute atomic E-state index is 13.6. The number of hydrogen-bond acceptors (Lipinski definition) is 7. The number of hydrogen-bond donors (Lipinski definition) is 1. The van der Waals surface area contributed by atoms with Crippen molar-refractivity contribution in [3.05, 3.63) is 117 Å². The van der Waals surface area contributed by atoms with Gasteiger partial charge in [0.2, 0.25) is 0 Å². The molecular formula is C31H33N7O2. The molecule has 0 radical (unpaired) electrons. The summed E-state index contributed by atoms with van der Waals surface area (Å²) >= 11 is 0. The molecule has 3 heterocycles. The zero-order valence-corrected chi connectivity index (χ0v) is 22.8. The van der Waals surface area contributed by atoms with E-state index in [2.05, 4.69) is 66.7 Å². The van der Waals surface area contributed by atoms with Crippen LogP contribution in [0.3, 0.4) is 0 Å². The van der Waals surface area contributed by atoms with Crippen molar-refractivity contribution in [2.24, 2.45) is 0 Å². The lowest BCUT2D eigenvalue weighted by molar-refractivity contribution is 0.0998. The molecule has 1 N–H and O–H groups in total. The average molecular weight is 536 g/mol. The van der Waals surface area contributed by atoms with E-state index in [-0.39, 0.29) is 11.6 Å². The van der Waals surface area contributed by atoms with Crippen molar-refractivity contribution in [1.82, 2.24) is 35.0 Å². The number of H-pyrrole nitrogens is 1. The number of rotatable bonds is 8. The van der Waals surface area contributed by atoms with E-state index in [1.807, 2.05) is 54.1 Å². The SMILES string of the molecule is COc1ccc(Cn2nnnc2[C@H](c2cc3ccc(C)cc3[nH]c2=O)N2CCN(Cc3ccccc3)CC2)cc1. The molecule has 0 saturated carbocycles. The van der Waals surface area contributed by atoms with E-state index < -0.39 is 0 Å². The summed E-state index contributed by atoms with van der Waals surface area (Å²) in [6, 6.07) is 26.2. The predicted octanol–water partition coefficient (Wildman–Crippen LogP) is 3.79. The normalized spacial score (nSPS) is 15.3. The number of nitrogens with one attached hydrogen (secondary N) is 1. The molecule has 1 saturated heterocycles. The maximum Gasteiger partial charge on any atom is 0.253 e. The number of ether oxygens (including phenoxy) is 1. The Bertz CT molecular complexity index is 1640. The van der Waals surface area contributed by atoms with Crippen molar-refractivity contribution in [3.8, 4) is 5.75 Å². The quantitative estimate of drug-likeness (QED) is 0.323. The van der Waals surface area contributed by atoms with Gasteiger partial charge >= 0.3 is 0 Å². The molecule has 9 heteroatoms. The molecule has 2 aromatic heterocycles. The van der Waals surface area contributed by atoms with Gasteiger partial charge in [-0.2, -0.15) is 0 Å². The Hall–Kier alpha value is -4.34. The minimum absolute atomic E-state index is 0.117. The number of methoxy groups -OCH3 is 1. The molecular weight excluding hydrogens is 502 g/mol. The average Bonchev–Trinajstić information content (AvgIpc) is 3.43. The van der Waals surface area contributed by atoms with E-state index in [0.717, 1.165) is 60.5 Å². The van der Waals surface area contributed by atoms with Gasteiger partial charge in [0.15, 0.2) is 5.82 Å². The Morgan fingerprint density at radius 1 is 0.900 bits per heavy atom. The van der Waals surface area contributed by atoms with Gasteiger partial charge in [0.25, 0.3) is 5.56 Å². The summed E-state index contributed by atoms with van der Waals surface area (Å²) in [5, 5.41) is 13.9. The first kappa shape index (κ1) is 25.9. The minimum Gasteiger partial charge on any atom is -0.497 e. The van der Waals surface area contributed by atoms with Crippen LogP contribution < -0.4 is 10.3 Å². The first-order chi connectivity index (χ1) is 19.6. The van der Waals surface area contributed by atoms with Gasteiger partial charge in [-0.1, -0.05) is 54.6 Å². The fourth-order valence-electron chi connectivity index (χ4n) is 5.48. The van der Waals surface area contributed by atoms with E-state index in [4.69, 9.17) is 4.74 Å². The van der Waals surface area contributed by atoms with Crippen molar-refractivity contribution < 1.29 is 4.74 Å². The first-order valence-corrected chi connectivity index (χ1v) is 13.6. The number of nitrogens with zero attached hydrogens (tertiary/aromatic N) is 6. The van der Waals surface area contributed by atoms with Crippen molar-refractivity contribution in [2.75, 3.05) is 33.3 Å². The first-order valence-electron chi connectivity index (χ1n) is 13.6. The molecule has 5 aromatic rings. The number of pyridine rings is 1. The molecule has 1 fully saturated rings. The van der Waals surface area contributed by atoms with Crippen LogP contribution in [0, 0.1) is 6.92 Å². The number of fused-ring (bicyclic) bond motifs is 1. The van der Waals surface area contributed by atoms with Gasteiger partial charge in [-0.25, -0.2) is 4.68 Å². The number of benzene rings is 3. The largest absolute Gasteiger partial charge is 0.497 e. The fourth-order valence-corrected chi connectivity index (χ4v) is 5.48. The second kappa shape index (κ2) is 11.4. The van der Waals surface area contributed by atoms with E-state index in [1.165, 1.54) is 5.56 Å². The topological polar surface area (TPSA) is 92.2 Å². The van der Waals surface area contributed by atoms with Crippen LogP contribution in [0.4, 0.5) is 0 Å². The van der Waals surface area contributed by atoms with E-state index in [0.29, 0.717) is 17.9 Å². The van der Waals surface area contributed by atoms with Crippen LogP contribution in [-0.2, 0) is 13.1 Å². The van der Waals surface area contributed by atoms with Crippen LogP contribution >= 0.6 is 0 Å². The summed E-state index contributed by atoms with van der Waals surface area (Å²) in [4.78, 5) is 21.5. The summed E-state index contributed by atoms with van der Waals surface area (Å²) in [6.07, 6.45) is 0. The Labute approximate surface area is 233 Å². The Kier molecular flexibility index (Phi) is 7.39. The number of aromatic amines is 1. The fraction of sp³-hybridized carbons (Fsp3) is 0.290. The van der Waals surface area contributed by atoms with E-state index in [9.17, 15) is 4.79 Å². The van der Waals surface area contributed by atoms with Gasteiger partial charge < -0.3 is 9.72 Å². The number of tetrazole rings is 1. The summed E-state index contributed by atoms with van der Waals surface area (Å²) in [7, 11) is 1.65. The predicted molar refractivity (Wildman–Crippen MR) is 154 cm³/mol. The minimum atomic E-state index is -0.387. The lowest BCUT2D eigenvalue weighted by atomic mass is 10.0. The lowest BCUT2D eigenvalue weighted by Gasteiger charge is -2.38. The van der Waals surface area contributed by atoms with Crippen LogP contribution in [0.15, 0.2) is 83.7 Å². The Balaban J connectivity index is 1.34. The highest BCUT2D eigenvalue weighted by Gasteiger charge is 2.32. The van der Waals surface area contributed by atoms with Gasteiger partial charge in [0.05, 0.1) is 13.7 Å². The molecule has 0 bridgehead atoms. The van der Waals surface area contributed by atoms with Gasteiger partial charge in [-0.15, -0.1) is 5.10 Å². The van der Waals surface area contributed by atoms with Gasteiger partial charge in [0.1, 0.15) is 11.8 Å². The van der Waals surface area contributed by atoms with Gasteiger partial charge in [-0.3, -0.25) is 14.6 Å². The second-order valence-corrected chi connectivity index (χ2v) is 10.4. The molecule has 1 aliphatic rings. The third-order valence-electron chi connectivity index (χ3n) is 7.64. The Morgan fingerprint density at radius 2 is 1.65 bits per heavy atom. The molecule has 1 atom stereocenters. The molecule has 1 aliphatic heterocycles. The van der Waals surface area contributed by atoms with E-state index >= 15 is 0 Å². The molecule has 6 rings (SSSR count). The highest BCUT2D eigenvalue weighted by atomic mass is 16.5. The van der Waals surface area contributed by atoms with Crippen molar-refractivity contribution in [3.63, 3.8) is 0 Å². The Morgan fingerprint density at radius 3 is 2.40 bits per heavy atom. The molecule has 0 spiro atoms. The third-order valence-corrected chi connectivity index (χ3v) is 7.64. The highest BCUT2D eigenvalue weighted by Crippen LogP contribution is 2.29. The summed E-state index contributed by atoms with van der Waals surface area (Å²) in [6.45, 7) is 6.77. The van der Waals surface area contributed by atoms with Gasteiger partial charge in [-0.05, 0) is 63.7 Å². The molecule has 40 heavy (non-hydrogen) atoms. The molecule has 0 unspecified atom stereocenters. The lowest BCUT2D eigenvalue weighted by Crippen LogP contribution is -2.48. The van der Waals surface area contributed by atoms with Crippen LogP contribution in [0.2, 0.25) is 0 Å². The maximum atomic E-state index is 13.6. The molecule has 204 valence electrons. The zero-order valence-electron chi connectivity index (χ0n) is 22.8. The zero-order chi connectivity index (χ0) is 27.5. The highest BCUT2D eigenvalue weighted by molar-refractivity contribution is 5.79. The van der Waals surface area contributed by atoms with Crippen LogP contribution in [-0.4, -0.2) is 68.3 Å². The third kappa shape index (κ3) is 5.52. The molecule has 0 amide bonds. The summed E-state index contributed by atoms with van der Waals surface area (Å²) in [5.41, 5.74) is 4.82. The van der Waals surface area contributed by atoms with Crippen molar-refractivity contribution in [1.29, 1.82) is 0 Å². The summed E-state index contributed by atoms with van der Waals surface area (Å²) < 4.78 is 7.12. The number of aromatic nitrogens is 5. The van der Waals surface area contributed by atoms with Crippen LogP contribution in [0.25, 0.3) is 10.9 Å². The second-order valence-electron chi connectivity index (χ2n) is 10.4. The van der Waals surface area contributed by atoms with Gasteiger partial charge in [0, 0.05) is 43.8 Å². The smallest absolute Gasteiger partial charge is 0.253 e. The van der Waals surface area contributed by atoms with Crippen molar-refractivity contribution in [2.45, 2.75) is 26.1 Å². The van der Waals surface area contributed by atoms with Crippen LogP contribution in [0.1, 0.15) is 34.1 Å². The molecule has 9 nitrogen and oxygen atoms in total.